The topological polar surface area (TPSA) is 45.0 Å². The second-order valence-corrected chi connectivity index (χ2v) is 5.60. The number of nitrogens with zero attached hydrogens (tertiary/aromatic N) is 1. The van der Waals surface area contributed by atoms with Crippen LogP contribution in [0.4, 0.5) is 5.69 Å². The lowest BCUT2D eigenvalue weighted by molar-refractivity contribution is 0.415. The highest BCUT2D eigenvalue weighted by molar-refractivity contribution is 9.10. The van der Waals surface area contributed by atoms with Crippen molar-refractivity contribution in [3.63, 3.8) is 0 Å². The standard InChI is InChI=1S/C13H11BrN2OS/c1-17-9-2-5-12(14)13(6-9)16-8-11-4-3-10(7-15)18-11/h2-6,16H,8H2,1H3. The predicted molar refractivity (Wildman–Crippen MR) is 77.1 cm³/mol. The number of halogens is 1. The minimum Gasteiger partial charge on any atom is -0.497 e. The Morgan fingerprint density at radius 1 is 1.39 bits per heavy atom. The van der Waals surface area contributed by atoms with Crippen LogP contribution in [0.2, 0.25) is 0 Å². The summed E-state index contributed by atoms with van der Waals surface area (Å²) in [6, 6.07) is 11.7. The third-order valence-electron chi connectivity index (χ3n) is 2.40. The zero-order valence-electron chi connectivity index (χ0n) is 9.74. The third-order valence-corrected chi connectivity index (χ3v) is 4.08. The Balaban J connectivity index is 2.08. The Kier molecular flexibility index (Phi) is 4.24. The molecular weight excluding hydrogens is 312 g/mol. The zero-order chi connectivity index (χ0) is 13.0. The van der Waals surface area contributed by atoms with Crippen molar-refractivity contribution in [3.05, 3.63) is 44.6 Å². The van der Waals surface area contributed by atoms with Crippen LogP contribution in [-0.2, 0) is 6.54 Å². The fourth-order valence-corrected chi connectivity index (χ4v) is 2.61. The largest absolute Gasteiger partial charge is 0.497 e. The lowest BCUT2D eigenvalue weighted by atomic mass is 10.3. The van der Waals surface area contributed by atoms with Gasteiger partial charge < -0.3 is 10.1 Å². The van der Waals surface area contributed by atoms with Gasteiger partial charge in [0.1, 0.15) is 16.7 Å². The van der Waals surface area contributed by atoms with Crippen molar-refractivity contribution in [3.8, 4) is 11.8 Å². The molecule has 0 amide bonds. The van der Waals surface area contributed by atoms with Gasteiger partial charge in [0.2, 0.25) is 0 Å². The minimum absolute atomic E-state index is 0.693. The smallest absolute Gasteiger partial charge is 0.121 e. The second kappa shape index (κ2) is 5.89. The van der Waals surface area contributed by atoms with Gasteiger partial charge in [0, 0.05) is 22.0 Å². The molecule has 0 saturated heterocycles. The summed E-state index contributed by atoms with van der Waals surface area (Å²) in [7, 11) is 1.64. The highest BCUT2D eigenvalue weighted by atomic mass is 79.9. The molecule has 0 bridgehead atoms. The molecule has 1 N–H and O–H groups in total. The number of nitrogens with one attached hydrogen (secondary N) is 1. The Hall–Kier alpha value is -1.51. The van der Waals surface area contributed by atoms with E-state index in [1.807, 2.05) is 30.3 Å². The van der Waals surface area contributed by atoms with E-state index in [1.165, 1.54) is 11.3 Å². The molecule has 0 aliphatic rings. The molecule has 1 aromatic heterocycles. The van der Waals surface area contributed by atoms with Gasteiger partial charge in [-0.3, -0.25) is 0 Å². The molecule has 2 rings (SSSR count). The maximum absolute atomic E-state index is 8.76. The molecule has 92 valence electrons. The van der Waals surface area contributed by atoms with Crippen LogP contribution < -0.4 is 10.1 Å². The summed E-state index contributed by atoms with van der Waals surface area (Å²) in [6.45, 7) is 0.693. The highest BCUT2D eigenvalue weighted by Gasteiger charge is 2.03. The molecule has 2 aromatic rings. The van der Waals surface area contributed by atoms with Crippen LogP contribution in [0.15, 0.2) is 34.8 Å². The molecule has 0 atom stereocenters. The first-order chi connectivity index (χ1) is 8.72. The van der Waals surface area contributed by atoms with Gasteiger partial charge in [-0.25, -0.2) is 0 Å². The van der Waals surface area contributed by atoms with Crippen molar-refractivity contribution in [1.29, 1.82) is 5.26 Å². The van der Waals surface area contributed by atoms with Gasteiger partial charge in [-0.2, -0.15) is 5.26 Å². The van der Waals surface area contributed by atoms with Crippen LogP contribution in [0.25, 0.3) is 0 Å². The first kappa shape index (κ1) is 12.9. The van der Waals surface area contributed by atoms with Crippen molar-refractivity contribution >= 4 is 33.0 Å². The van der Waals surface area contributed by atoms with E-state index in [9.17, 15) is 0 Å². The molecule has 1 aromatic carbocycles. The van der Waals surface area contributed by atoms with Crippen molar-refractivity contribution < 1.29 is 4.74 Å². The summed E-state index contributed by atoms with van der Waals surface area (Å²) < 4.78 is 6.17. The Morgan fingerprint density at radius 2 is 2.22 bits per heavy atom. The molecule has 0 aliphatic carbocycles. The minimum atomic E-state index is 0.693. The summed E-state index contributed by atoms with van der Waals surface area (Å²) in [5, 5.41) is 12.1. The third kappa shape index (κ3) is 3.03. The Bertz CT molecular complexity index is 589. The van der Waals surface area contributed by atoms with Crippen molar-refractivity contribution in [1.82, 2.24) is 0 Å². The lowest BCUT2D eigenvalue weighted by Gasteiger charge is -2.09. The van der Waals surface area contributed by atoms with Gasteiger partial charge >= 0.3 is 0 Å². The average Bonchev–Trinajstić information content (AvgIpc) is 2.86. The van der Waals surface area contributed by atoms with Crippen LogP contribution in [0.3, 0.4) is 0 Å². The SMILES string of the molecule is COc1ccc(Br)c(NCc2ccc(C#N)s2)c1. The first-order valence-electron chi connectivity index (χ1n) is 5.29. The van der Waals surface area contributed by atoms with Gasteiger partial charge in [0.15, 0.2) is 0 Å². The molecule has 18 heavy (non-hydrogen) atoms. The molecule has 5 heteroatoms. The highest BCUT2D eigenvalue weighted by Crippen LogP contribution is 2.28. The second-order valence-electron chi connectivity index (χ2n) is 3.58. The van der Waals surface area contributed by atoms with E-state index in [2.05, 4.69) is 27.3 Å². The number of hydrogen-bond acceptors (Lipinski definition) is 4. The average molecular weight is 323 g/mol. The van der Waals surface area contributed by atoms with Gasteiger partial charge in [-0.1, -0.05) is 0 Å². The van der Waals surface area contributed by atoms with E-state index in [1.54, 1.807) is 7.11 Å². The quantitative estimate of drug-likeness (QED) is 0.925. The summed E-state index contributed by atoms with van der Waals surface area (Å²) >= 11 is 4.98. The van der Waals surface area contributed by atoms with Crippen LogP contribution in [-0.4, -0.2) is 7.11 Å². The fourth-order valence-electron chi connectivity index (χ4n) is 1.48. The fraction of sp³-hybridized carbons (Fsp3) is 0.154. The Labute approximate surface area is 118 Å². The van der Waals surface area contributed by atoms with E-state index in [-0.39, 0.29) is 0 Å². The number of anilines is 1. The van der Waals surface area contributed by atoms with Gasteiger partial charge in [-0.05, 0) is 40.2 Å². The molecule has 1 heterocycles. The van der Waals surface area contributed by atoms with Crippen LogP contribution in [0, 0.1) is 11.3 Å². The monoisotopic (exact) mass is 322 g/mol. The number of methoxy groups -OCH3 is 1. The molecule has 0 radical (unpaired) electrons. The van der Waals surface area contributed by atoms with Crippen molar-refractivity contribution in [2.45, 2.75) is 6.54 Å². The predicted octanol–water partition coefficient (Wildman–Crippen LogP) is 4.00. The Morgan fingerprint density at radius 3 is 2.89 bits per heavy atom. The van der Waals surface area contributed by atoms with Gasteiger partial charge in [0.05, 0.1) is 12.8 Å². The maximum Gasteiger partial charge on any atom is 0.121 e. The van der Waals surface area contributed by atoms with E-state index in [4.69, 9.17) is 10.00 Å². The molecule has 0 spiro atoms. The molecule has 0 fully saturated rings. The number of thiophene rings is 1. The van der Waals surface area contributed by atoms with Crippen LogP contribution in [0.5, 0.6) is 5.75 Å². The van der Waals surface area contributed by atoms with E-state index < -0.39 is 0 Å². The number of benzene rings is 1. The molecule has 0 saturated carbocycles. The summed E-state index contributed by atoms with van der Waals surface area (Å²) in [5.41, 5.74) is 0.973. The number of hydrogen-bond donors (Lipinski definition) is 1. The summed E-state index contributed by atoms with van der Waals surface area (Å²) in [5.74, 6) is 0.810. The van der Waals surface area contributed by atoms with Crippen molar-refractivity contribution in [2.75, 3.05) is 12.4 Å². The number of nitriles is 1. The summed E-state index contributed by atoms with van der Waals surface area (Å²) in [4.78, 5) is 1.86. The van der Waals surface area contributed by atoms with E-state index in [0.717, 1.165) is 25.7 Å². The molecule has 0 unspecified atom stereocenters. The van der Waals surface area contributed by atoms with E-state index >= 15 is 0 Å². The van der Waals surface area contributed by atoms with Gasteiger partial charge in [0.25, 0.3) is 0 Å². The molecule has 3 nitrogen and oxygen atoms in total. The van der Waals surface area contributed by atoms with E-state index in [0.29, 0.717) is 6.54 Å². The van der Waals surface area contributed by atoms with Crippen LogP contribution in [0.1, 0.15) is 9.75 Å². The molecular formula is C13H11BrN2OS. The molecule has 0 aliphatic heterocycles. The summed E-state index contributed by atoms with van der Waals surface area (Å²) in [6.07, 6.45) is 0. The first-order valence-corrected chi connectivity index (χ1v) is 6.90. The maximum atomic E-state index is 8.76. The van der Waals surface area contributed by atoms with Crippen molar-refractivity contribution in [2.24, 2.45) is 0 Å². The number of rotatable bonds is 4. The number of ether oxygens (including phenoxy) is 1. The normalized spacial score (nSPS) is 9.83. The zero-order valence-corrected chi connectivity index (χ0v) is 12.1. The van der Waals surface area contributed by atoms with Crippen LogP contribution >= 0.6 is 27.3 Å². The van der Waals surface area contributed by atoms with Gasteiger partial charge in [-0.15, -0.1) is 11.3 Å². The lowest BCUT2D eigenvalue weighted by Crippen LogP contribution is -1.98.